The predicted molar refractivity (Wildman–Crippen MR) is 105 cm³/mol. The van der Waals surface area contributed by atoms with Gasteiger partial charge in [0.1, 0.15) is 5.60 Å². The van der Waals surface area contributed by atoms with Gasteiger partial charge in [0, 0.05) is 13.1 Å². The van der Waals surface area contributed by atoms with Gasteiger partial charge >= 0.3 is 12.3 Å². The van der Waals surface area contributed by atoms with Crippen molar-refractivity contribution in [1.29, 1.82) is 0 Å². The van der Waals surface area contributed by atoms with Gasteiger partial charge in [-0.05, 0) is 65.8 Å². The molecule has 1 fully saturated rings. The van der Waals surface area contributed by atoms with Gasteiger partial charge in [0.25, 0.3) is 0 Å². The highest BCUT2D eigenvalue weighted by molar-refractivity contribution is 5.68. The summed E-state index contributed by atoms with van der Waals surface area (Å²) >= 11 is 0. The van der Waals surface area contributed by atoms with Crippen LogP contribution in [0.4, 0.5) is 18.0 Å². The molecule has 0 aromatic heterocycles. The Labute approximate surface area is 170 Å². The van der Waals surface area contributed by atoms with E-state index in [0.29, 0.717) is 31.4 Å². The molecule has 0 spiro atoms. The lowest BCUT2D eigenvalue weighted by molar-refractivity contribution is -0.137. The van der Waals surface area contributed by atoms with E-state index in [4.69, 9.17) is 4.74 Å². The summed E-state index contributed by atoms with van der Waals surface area (Å²) in [5.41, 5.74) is -1.55. The first-order valence-corrected chi connectivity index (χ1v) is 9.74. The van der Waals surface area contributed by atoms with Gasteiger partial charge in [0.2, 0.25) is 0 Å². The number of halogens is 3. The SMILES string of the molecule is CN(C)[C@]1(CCc2cccc(C(F)(F)F)c2)CN(C(=O)OC(C)(C)C)CC[C@@H]1O. The summed E-state index contributed by atoms with van der Waals surface area (Å²) in [6.45, 7) is 5.98. The van der Waals surface area contributed by atoms with Crippen LogP contribution in [0.15, 0.2) is 24.3 Å². The highest BCUT2D eigenvalue weighted by Gasteiger charge is 2.46. The molecule has 5 nitrogen and oxygen atoms in total. The van der Waals surface area contributed by atoms with E-state index in [0.717, 1.165) is 12.1 Å². The van der Waals surface area contributed by atoms with E-state index in [-0.39, 0.29) is 6.54 Å². The van der Waals surface area contributed by atoms with E-state index < -0.39 is 35.1 Å². The monoisotopic (exact) mass is 416 g/mol. The number of hydrogen-bond acceptors (Lipinski definition) is 4. The number of rotatable bonds is 4. The molecular weight excluding hydrogens is 385 g/mol. The molecule has 1 saturated heterocycles. The van der Waals surface area contributed by atoms with Gasteiger partial charge in [-0.2, -0.15) is 13.2 Å². The number of carbonyl (C=O) groups is 1. The fraction of sp³-hybridized carbons (Fsp3) is 0.667. The maximum atomic E-state index is 13.0. The molecule has 2 rings (SSSR count). The number of benzene rings is 1. The van der Waals surface area contributed by atoms with E-state index in [1.165, 1.54) is 6.07 Å². The molecule has 0 unspecified atom stereocenters. The van der Waals surface area contributed by atoms with Crippen LogP contribution in [-0.2, 0) is 17.3 Å². The number of alkyl halides is 3. The van der Waals surface area contributed by atoms with E-state index in [1.807, 2.05) is 19.0 Å². The van der Waals surface area contributed by atoms with E-state index in [1.54, 1.807) is 31.7 Å². The lowest BCUT2D eigenvalue weighted by atomic mass is 9.80. The molecule has 2 atom stereocenters. The van der Waals surface area contributed by atoms with Crippen molar-refractivity contribution in [3.8, 4) is 0 Å². The number of aliphatic hydroxyl groups excluding tert-OH is 1. The first kappa shape index (κ1) is 23.5. The Morgan fingerprint density at radius 3 is 2.52 bits per heavy atom. The zero-order valence-corrected chi connectivity index (χ0v) is 17.7. The third-order valence-corrected chi connectivity index (χ3v) is 5.40. The Balaban J connectivity index is 2.20. The minimum Gasteiger partial charge on any atom is -0.444 e. The van der Waals surface area contributed by atoms with Gasteiger partial charge in [0.05, 0.1) is 17.2 Å². The highest BCUT2D eigenvalue weighted by atomic mass is 19.4. The second-order valence-electron chi connectivity index (χ2n) is 8.90. The van der Waals surface area contributed by atoms with Crippen LogP contribution in [0.3, 0.4) is 0 Å². The number of amides is 1. The van der Waals surface area contributed by atoms with Gasteiger partial charge in [-0.3, -0.25) is 4.90 Å². The molecule has 164 valence electrons. The maximum absolute atomic E-state index is 13.0. The van der Waals surface area contributed by atoms with Crippen molar-refractivity contribution in [1.82, 2.24) is 9.80 Å². The summed E-state index contributed by atoms with van der Waals surface area (Å²) in [7, 11) is 3.63. The highest BCUT2D eigenvalue weighted by Crippen LogP contribution is 2.33. The number of likely N-dealkylation sites (N-methyl/N-ethyl adjacent to an activating group) is 1. The van der Waals surface area contributed by atoms with Crippen LogP contribution in [0.1, 0.15) is 44.7 Å². The molecule has 8 heteroatoms. The fourth-order valence-electron chi connectivity index (χ4n) is 3.72. The normalized spacial score (nSPS) is 23.4. The number of aryl methyl sites for hydroxylation is 1. The number of likely N-dealkylation sites (tertiary alicyclic amines) is 1. The molecular formula is C21H31F3N2O3. The molecule has 1 heterocycles. The number of piperidine rings is 1. The Morgan fingerprint density at radius 1 is 1.31 bits per heavy atom. The van der Waals surface area contributed by atoms with Crippen LogP contribution in [0.2, 0.25) is 0 Å². The van der Waals surface area contributed by atoms with Gasteiger partial charge in [0.15, 0.2) is 0 Å². The topological polar surface area (TPSA) is 53.0 Å². The molecule has 1 aromatic carbocycles. The fourth-order valence-corrected chi connectivity index (χ4v) is 3.72. The summed E-state index contributed by atoms with van der Waals surface area (Å²) in [6, 6.07) is 5.24. The quantitative estimate of drug-likeness (QED) is 0.808. The van der Waals surface area contributed by atoms with Crippen molar-refractivity contribution in [2.45, 2.75) is 63.5 Å². The molecule has 1 aliphatic rings. The zero-order chi connectivity index (χ0) is 22.0. The average Bonchev–Trinajstić information content (AvgIpc) is 2.59. The average molecular weight is 416 g/mol. The molecule has 1 N–H and O–H groups in total. The third kappa shape index (κ3) is 5.85. The molecule has 1 amide bonds. The second-order valence-corrected chi connectivity index (χ2v) is 8.90. The van der Waals surface area contributed by atoms with Crippen molar-refractivity contribution >= 4 is 6.09 Å². The van der Waals surface area contributed by atoms with E-state index >= 15 is 0 Å². The van der Waals surface area contributed by atoms with Crippen molar-refractivity contribution in [2.24, 2.45) is 0 Å². The van der Waals surface area contributed by atoms with E-state index in [9.17, 15) is 23.1 Å². The standard InChI is InChI=1S/C21H31F3N2O3/c1-19(2,3)29-18(28)26-12-10-17(27)20(14-26,25(4)5)11-9-15-7-6-8-16(13-15)21(22,23)24/h6-8,13,17,27H,9-12,14H2,1-5H3/t17-,20+/m0/s1. The third-order valence-electron chi connectivity index (χ3n) is 5.40. The lowest BCUT2D eigenvalue weighted by Crippen LogP contribution is -2.65. The number of hydrogen-bond donors (Lipinski definition) is 1. The molecule has 29 heavy (non-hydrogen) atoms. The molecule has 0 saturated carbocycles. The first-order chi connectivity index (χ1) is 13.2. The molecule has 1 aliphatic heterocycles. The van der Waals surface area contributed by atoms with Gasteiger partial charge in [-0.25, -0.2) is 4.79 Å². The lowest BCUT2D eigenvalue weighted by Gasteiger charge is -2.50. The summed E-state index contributed by atoms with van der Waals surface area (Å²) in [5, 5.41) is 10.8. The van der Waals surface area contributed by atoms with Crippen LogP contribution in [0, 0.1) is 0 Å². The molecule has 0 bridgehead atoms. The van der Waals surface area contributed by atoms with Crippen molar-refractivity contribution in [2.75, 3.05) is 27.2 Å². The largest absolute Gasteiger partial charge is 0.444 e. The van der Waals surface area contributed by atoms with E-state index in [2.05, 4.69) is 0 Å². The number of aliphatic hydroxyl groups is 1. The smallest absolute Gasteiger partial charge is 0.416 e. The van der Waals surface area contributed by atoms with Crippen molar-refractivity contribution in [3.05, 3.63) is 35.4 Å². The summed E-state index contributed by atoms with van der Waals surface area (Å²) in [5.74, 6) is 0. The minimum atomic E-state index is -4.40. The Kier molecular flexibility index (Phi) is 6.89. The number of ether oxygens (including phenoxy) is 1. The van der Waals surface area contributed by atoms with Crippen molar-refractivity contribution in [3.63, 3.8) is 0 Å². The summed E-state index contributed by atoms with van der Waals surface area (Å²) < 4.78 is 44.5. The molecule has 0 radical (unpaired) electrons. The van der Waals surface area contributed by atoms with Crippen LogP contribution in [0.25, 0.3) is 0 Å². The number of carbonyl (C=O) groups excluding carboxylic acids is 1. The Morgan fingerprint density at radius 2 is 1.97 bits per heavy atom. The summed E-state index contributed by atoms with van der Waals surface area (Å²) in [6.07, 6.45) is -4.42. The van der Waals surface area contributed by atoms with Crippen LogP contribution in [-0.4, -0.2) is 65.4 Å². The minimum absolute atomic E-state index is 0.245. The van der Waals surface area contributed by atoms with Crippen molar-refractivity contribution < 1.29 is 27.8 Å². The summed E-state index contributed by atoms with van der Waals surface area (Å²) in [4.78, 5) is 16.0. The Hall–Kier alpha value is -1.80. The zero-order valence-electron chi connectivity index (χ0n) is 17.7. The van der Waals surface area contributed by atoms with Crippen LogP contribution in [0.5, 0.6) is 0 Å². The van der Waals surface area contributed by atoms with Crippen LogP contribution < -0.4 is 0 Å². The molecule has 0 aliphatic carbocycles. The Bertz CT molecular complexity index is 716. The van der Waals surface area contributed by atoms with Crippen LogP contribution >= 0.6 is 0 Å². The van der Waals surface area contributed by atoms with Gasteiger partial charge in [-0.15, -0.1) is 0 Å². The number of nitrogens with zero attached hydrogens (tertiary/aromatic N) is 2. The van der Waals surface area contributed by atoms with Gasteiger partial charge < -0.3 is 14.7 Å². The van der Waals surface area contributed by atoms with Gasteiger partial charge in [-0.1, -0.05) is 18.2 Å². The maximum Gasteiger partial charge on any atom is 0.416 e. The predicted octanol–water partition coefficient (Wildman–Crippen LogP) is 3.94. The first-order valence-electron chi connectivity index (χ1n) is 9.74. The second kappa shape index (κ2) is 8.52. The molecule has 1 aromatic rings.